The molecule has 0 unspecified atom stereocenters. The lowest BCUT2D eigenvalue weighted by atomic mass is 10.1. The van der Waals surface area contributed by atoms with Gasteiger partial charge in [-0.1, -0.05) is 30.3 Å². The molecule has 0 radical (unpaired) electrons. The van der Waals surface area contributed by atoms with Crippen LogP contribution in [0.1, 0.15) is 31.7 Å². The molecule has 0 bridgehead atoms. The molecule has 6 nitrogen and oxygen atoms in total. The number of ether oxygens (including phenoxy) is 1. The minimum atomic E-state index is -3.43. The van der Waals surface area contributed by atoms with E-state index in [0.717, 1.165) is 25.7 Å². The largest absolute Gasteiger partial charge is 0.484 e. The number of carbonyl (C=O) groups excluding carboxylic acids is 1. The van der Waals surface area contributed by atoms with Crippen LogP contribution in [0.15, 0.2) is 59.5 Å². The molecule has 1 fully saturated rings. The fourth-order valence-corrected chi connectivity index (χ4v) is 4.87. The quantitative estimate of drug-likeness (QED) is 0.682. The van der Waals surface area contributed by atoms with Crippen molar-refractivity contribution in [3.63, 3.8) is 0 Å². The van der Waals surface area contributed by atoms with Gasteiger partial charge in [-0.2, -0.15) is 4.31 Å². The summed E-state index contributed by atoms with van der Waals surface area (Å²) in [5.74, 6) is 0.275. The van der Waals surface area contributed by atoms with Gasteiger partial charge in [0.25, 0.3) is 5.91 Å². The van der Waals surface area contributed by atoms with Crippen molar-refractivity contribution < 1.29 is 17.9 Å². The van der Waals surface area contributed by atoms with Crippen molar-refractivity contribution in [1.82, 2.24) is 9.62 Å². The van der Waals surface area contributed by atoms with Gasteiger partial charge < -0.3 is 10.1 Å². The lowest BCUT2D eigenvalue weighted by Crippen LogP contribution is -2.36. The van der Waals surface area contributed by atoms with E-state index in [-0.39, 0.29) is 23.5 Å². The van der Waals surface area contributed by atoms with Crippen LogP contribution in [0.4, 0.5) is 0 Å². The van der Waals surface area contributed by atoms with Crippen molar-refractivity contribution in [2.45, 2.75) is 43.5 Å². The monoisotopic (exact) mass is 416 g/mol. The molecule has 1 heterocycles. The van der Waals surface area contributed by atoms with Crippen LogP contribution in [0.2, 0.25) is 0 Å². The summed E-state index contributed by atoms with van der Waals surface area (Å²) in [4.78, 5) is 12.4. The molecule has 1 aliphatic heterocycles. The van der Waals surface area contributed by atoms with Crippen LogP contribution in [0.5, 0.6) is 5.75 Å². The van der Waals surface area contributed by atoms with Gasteiger partial charge in [0.15, 0.2) is 6.61 Å². The molecule has 0 saturated carbocycles. The number of hydrogen-bond acceptors (Lipinski definition) is 4. The molecular weight excluding hydrogens is 388 g/mol. The summed E-state index contributed by atoms with van der Waals surface area (Å²) in [6, 6.07) is 16.4. The summed E-state index contributed by atoms with van der Waals surface area (Å²) in [6.07, 6.45) is 3.55. The normalized spacial score (nSPS) is 15.8. The summed E-state index contributed by atoms with van der Waals surface area (Å²) in [6.45, 7) is 3.01. The Kier molecular flexibility index (Phi) is 7.28. The summed E-state index contributed by atoms with van der Waals surface area (Å²) < 4.78 is 32.0. The van der Waals surface area contributed by atoms with Crippen molar-refractivity contribution in [2.24, 2.45) is 0 Å². The number of hydrogen-bond donors (Lipinski definition) is 1. The van der Waals surface area contributed by atoms with E-state index in [1.807, 2.05) is 25.1 Å². The van der Waals surface area contributed by atoms with Gasteiger partial charge in [-0.05, 0) is 62.4 Å². The Morgan fingerprint density at radius 2 is 1.72 bits per heavy atom. The molecule has 0 aromatic heterocycles. The van der Waals surface area contributed by atoms with E-state index in [2.05, 4.69) is 17.4 Å². The summed E-state index contributed by atoms with van der Waals surface area (Å²) in [7, 11) is -3.43. The first-order valence-corrected chi connectivity index (χ1v) is 11.5. The molecule has 0 spiro atoms. The first kappa shape index (κ1) is 21.3. The van der Waals surface area contributed by atoms with Crippen LogP contribution in [-0.4, -0.2) is 44.4 Å². The lowest BCUT2D eigenvalue weighted by Gasteiger charge is -2.16. The maximum Gasteiger partial charge on any atom is 0.258 e. The molecule has 1 aliphatic rings. The van der Waals surface area contributed by atoms with Gasteiger partial charge >= 0.3 is 0 Å². The van der Waals surface area contributed by atoms with Crippen LogP contribution in [0.3, 0.4) is 0 Å². The molecule has 29 heavy (non-hydrogen) atoms. The third-order valence-corrected chi connectivity index (χ3v) is 6.93. The molecular formula is C22H28N2O4S. The summed E-state index contributed by atoms with van der Waals surface area (Å²) >= 11 is 0. The van der Waals surface area contributed by atoms with Crippen LogP contribution in [-0.2, 0) is 21.2 Å². The highest BCUT2D eigenvalue weighted by molar-refractivity contribution is 7.89. The number of aryl methyl sites for hydroxylation is 1. The number of nitrogens with one attached hydrogen (secondary N) is 1. The molecule has 156 valence electrons. The van der Waals surface area contributed by atoms with E-state index in [0.29, 0.717) is 18.8 Å². The second-order valence-electron chi connectivity index (χ2n) is 7.36. The van der Waals surface area contributed by atoms with Gasteiger partial charge in [0.1, 0.15) is 5.75 Å². The van der Waals surface area contributed by atoms with Gasteiger partial charge in [-0.25, -0.2) is 8.42 Å². The number of carbonyl (C=O) groups is 1. The second kappa shape index (κ2) is 9.89. The number of nitrogens with zero attached hydrogens (tertiary/aromatic N) is 1. The zero-order chi connectivity index (χ0) is 20.7. The van der Waals surface area contributed by atoms with Gasteiger partial charge in [0.2, 0.25) is 10.0 Å². The molecule has 1 N–H and O–H groups in total. The van der Waals surface area contributed by atoms with E-state index in [4.69, 9.17) is 4.74 Å². The van der Waals surface area contributed by atoms with Crippen LogP contribution in [0.25, 0.3) is 0 Å². The Bertz CT molecular complexity index is 892. The molecule has 1 saturated heterocycles. The average molecular weight is 417 g/mol. The fourth-order valence-electron chi connectivity index (χ4n) is 3.35. The Balaban J connectivity index is 1.44. The SMILES string of the molecule is C[C@H](CCc1ccccc1)NC(=O)COc1ccc(S(=O)(=O)N2CCCC2)cc1. The Labute approximate surface area is 172 Å². The van der Waals surface area contributed by atoms with Gasteiger partial charge in [0, 0.05) is 19.1 Å². The fraction of sp³-hybridized carbons (Fsp3) is 0.409. The number of rotatable bonds is 9. The van der Waals surface area contributed by atoms with Crippen LogP contribution < -0.4 is 10.1 Å². The lowest BCUT2D eigenvalue weighted by molar-refractivity contribution is -0.123. The smallest absolute Gasteiger partial charge is 0.258 e. The van der Waals surface area contributed by atoms with E-state index in [1.165, 1.54) is 22.0 Å². The van der Waals surface area contributed by atoms with E-state index < -0.39 is 10.0 Å². The van der Waals surface area contributed by atoms with E-state index >= 15 is 0 Å². The topological polar surface area (TPSA) is 75.7 Å². The third-order valence-electron chi connectivity index (χ3n) is 5.01. The maximum absolute atomic E-state index is 12.5. The van der Waals surface area contributed by atoms with Crippen molar-refractivity contribution >= 4 is 15.9 Å². The minimum Gasteiger partial charge on any atom is -0.484 e. The van der Waals surface area contributed by atoms with Crippen molar-refractivity contribution in [3.05, 3.63) is 60.2 Å². The van der Waals surface area contributed by atoms with Crippen LogP contribution >= 0.6 is 0 Å². The predicted octanol–water partition coefficient (Wildman–Crippen LogP) is 2.99. The molecule has 7 heteroatoms. The average Bonchev–Trinajstić information content (AvgIpc) is 3.28. The minimum absolute atomic E-state index is 0.0410. The zero-order valence-corrected chi connectivity index (χ0v) is 17.5. The Hall–Kier alpha value is -2.38. The van der Waals surface area contributed by atoms with Gasteiger partial charge in [0.05, 0.1) is 4.90 Å². The number of amides is 1. The molecule has 2 aromatic carbocycles. The van der Waals surface area contributed by atoms with Crippen molar-refractivity contribution in [2.75, 3.05) is 19.7 Å². The van der Waals surface area contributed by atoms with Gasteiger partial charge in [-0.3, -0.25) is 4.79 Å². The maximum atomic E-state index is 12.5. The molecule has 3 rings (SSSR count). The Morgan fingerprint density at radius 3 is 2.38 bits per heavy atom. The van der Waals surface area contributed by atoms with E-state index in [1.54, 1.807) is 12.1 Å². The van der Waals surface area contributed by atoms with E-state index in [9.17, 15) is 13.2 Å². The molecule has 2 aromatic rings. The van der Waals surface area contributed by atoms with Gasteiger partial charge in [-0.15, -0.1) is 0 Å². The first-order chi connectivity index (χ1) is 13.9. The molecule has 1 amide bonds. The predicted molar refractivity (Wildman–Crippen MR) is 112 cm³/mol. The highest BCUT2D eigenvalue weighted by Gasteiger charge is 2.26. The summed E-state index contributed by atoms with van der Waals surface area (Å²) in [5.41, 5.74) is 1.24. The highest BCUT2D eigenvalue weighted by Crippen LogP contribution is 2.22. The Morgan fingerprint density at radius 1 is 1.07 bits per heavy atom. The molecule has 1 atom stereocenters. The zero-order valence-electron chi connectivity index (χ0n) is 16.7. The third kappa shape index (κ3) is 6.05. The highest BCUT2D eigenvalue weighted by atomic mass is 32.2. The van der Waals surface area contributed by atoms with Crippen LogP contribution in [0, 0.1) is 0 Å². The van der Waals surface area contributed by atoms with Crippen molar-refractivity contribution in [3.8, 4) is 5.75 Å². The standard InChI is InChI=1S/C22H28N2O4S/c1-18(9-10-19-7-3-2-4-8-19)23-22(25)17-28-20-11-13-21(14-12-20)29(26,27)24-15-5-6-16-24/h2-4,7-8,11-14,18H,5-6,9-10,15-17H2,1H3,(H,23,25)/t18-/m1/s1. The molecule has 0 aliphatic carbocycles. The first-order valence-electron chi connectivity index (χ1n) is 10.0. The second-order valence-corrected chi connectivity index (χ2v) is 9.30. The van der Waals surface area contributed by atoms with Crippen molar-refractivity contribution in [1.29, 1.82) is 0 Å². The summed E-state index contributed by atoms with van der Waals surface area (Å²) in [5, 5.41) is 2.93. The number of benzene rings is 2. The number of sulfonamides is 1.